The summed E-state index contributed by atoms with van der Waals surface area (Å²) in [5.41, 5.74) is 5.43. The Morgan fingerprint density at radius 2 is 1.41 bits per heavy atom. The van der Waals surface area contributed by atoms with Crippen LogP contribution in [0.1, 0.15) is 33.7 Å². The fourth-order valence-corrected chi connectivity index (χ4v) is 2.62. The molecule has 0 aliphatic rings. The van der Waals surface area contributed by atoms with Crippen LogP contribution < -0.4 is 15.2 Å². The van der Waals surface area contributed by atoms with Crippen molar-refractivity contribution in [1.29, 1.82) is 0 Å². The highest BCUT2D eigenvalue weighted by Gasteiger charge is 2.31. The van der Waals surface area contributed by atoms with Crippen LogP contribution in [0.3, 0.4) is 0 Å². The third-order valence-corrected chi connectivity index (χ3v) is 4.38. The number of ether oxygens (including phenoxy) is 3. The number of carbonyl (C=O) groups is 2. The quantitative estimate of drug-likeness (QED) is 0.243. The summed E-state index contributed by atoms with van der Waals surface area (Å²) in [4.78, 5) is 21.6. The SMILES string of the molecule is C.COC(=O)c1ccc(C(=O)Cl)cc1.COc1ccccc1Oc1ccc(C(F)(F)F)cc1N. The average Bonchev–Trinajstić information content (AvgIpc) is 2.80. The lowest BCUT2D eigenvalue weighted by atomic mass is 10.1. The summed E-state index contributed by atoms with van der Waals surface area (Å²) < 4.78 is 52.6. The molecule has 182 valence electrons. The van der Waals surface area contributed by atoms with Crippen LogP contribution in [0.4, 0.5) is 18.9 Å². The molecule has 0 radical (unpaired) electrons. The third-order valence-electron chi connectivity index (χ3n) is 4.16. The second-order valence-corrected chi connectivity index (χ2v) is 6.69. The number of anilines is 1. The van der Waals surface area contributed by atoms with Crippen LogP contribution in [0.15, 0.2) is 66.7 Å². The Kier molecular flexibility index (Phi) is 10.4. The molecule has 3 aromatic rings. The smallest absolute Gasteiger partial charge is 0.416 e. The molecule has 0 bridgehead atoms. The zero-order chi connectivity index (χ0) is 24.6. The van der Waals surface area contributed by atoms with E-state index in [1.165, 1.54) is 44.6 Å². The highest BCUT2D eigenvalue weighted by atomic mass is 35.5. The zero-order valence-electron chi connectivity index (χ0n) is 17.5. The molecular formula is C24H23ClF3NO5. The number of esters is 1. The van der Waals surface area contributed by atoms with Crippen LogP contribution in [-0.2, 0) is 10.9 Å². The van der Waals surface area contributed by atoms with Crippen molar-refractivity contribution in [2.75, 3.05) is 20.0 Å². The first kappa shape index (κ1) is 28.3. The summed E-state index contributed by atoms with van der Waals surface area (Å²) >= 11 is 5.21. The fourth-order valence-electron chi connectivity index (χ4n) is 2.49. The summed E-state index contributed by atoms with van der Waals surface area (Å²) in [6.07, 6.45) is -4.43. The number of hydrogen-bond donors (Lipinski definition) is 1. The minimum absolute atomic E-state index is 0. The molecule has 0 spiro atoms. The van der Waals surface area contributed by atoms with Gasteiger partial charge >= 0.3 is 12.1 Å². The Morgan fingerprint density at radius 3 is 1.88 bits per heavy atom. The molecule has 0 aliphatic carbocycles. The Bertz CT molecular complexity index is 1120. The fraction of sp³-hybridized carbons (Fsp3) is 0.167. The monoisotopic (exact) mass is 497 g/mol. The topological polar surface area (TPSA) is 87.9 Å². The lowest BCUT2D eigenvalue weighted by molar-refractivity contribution is -0.137. The first-order valence-electron chi connectivity index (χ1n) is 9.22. The van der Waals surface area contributed by atoms with Gasteiger partial charge in [0.25, 0.3) is 5.24 Å². The summed E-state index contributed by atoms with van der Waals surface area (Å²) in [5.74, 6) is 0.546. The van der Waals surface area contributed by atoms with E-state index in [4.69, 9.17) is 26.8 Å². The minimum Gasteiger partial charge on any atom is -0.493 e. The van der Waals surface area contributed by atoms with E-state index in [0.717, 1.165) is 12.1 Å². The van der Waals surface area contributed by atoms with Gasteiger partial charge in [0.15, 0.2) is 17.2 Å². The molecule has 0 fully saturated rings. The molecule has 0 saturated carbocycles. The van der Waals surface area contributed by atoms with Gasteiger partial charge in [-0.05, 0) is 66.2 Å². The van der Waals surface area contributed by atoms with E-state index < -0.39 is 23.0 Å². The van der Waals surface area contributed by atoms with Gasteiger partial charge < -0.3 is 19.9 Å². The summed E-state index contributed by atoms with van der Waals surface area (Å²) in [7, 11) is 2.77. The summed E-state index contributed by atoms with van der Waals surface area (Å²) in [5, 5.41) is -0.545. The number of nitrogen functional groups attached to an aromatic ring is 1. The van der Waals surface area contributed by atoms with Gasteiger partial charge in [-0.15, -0.1) is 0 Å². The molecule has 3 aromatic carbocycles. The maximum atomic E-state index is 12.5. The Labute approximate surface area is 200 Å². The third kappa shape index (κ3) is 7.70. The zero-order valence-corrected chi connectivity index (χ0v) is 18.2. The van der Waals surface area contributed by atoms with Crippen LogP contribution in [-0.4, -0.2) is 25.4 Å². The number of alkyl halides is 3. The molecular weight excluding hydrogens is 475 g/mol. The highest BCUT2D eigenvalue weighted by Crippen LogP contribution is 2.37. The van der Waals surface area contributed by atoms with Crippen LogP contribution in [0.25, 0.3) is 0 Å². The molecule has 0 atom stereocenters. The molecule has 34 heavy (non-hydrogen) atoms. The van der Waals surface area contributed by atoms with E-state index in [2.05, 4.69) is 4.74 Å². The van der Waals surface area contributed by atoms with Crippen LogP contribution in [0.5, 0.6) is 17.2 Å². The molecule has 3 rings (SSSR count). The van der Waals surface area contributed by atoms with Gasteiger partial charge in [0.2, 0.25) is 0 Å². The highest BCUT2D eigenvalue weighted by molar-refractivity contribution is 6.67. The molecule has 0 aromatic heterocycles. The van der Waals surface area contributed by atoms with Crippen molar-refractivity contribution >= 4 is 28.5 Å². The normalized spacial score (nSPS) is 10.2. The first-order chi connectivity index (χ1) is 15.6. The molecule has 0 aliphatic heterocycles. The van der Waals surface area contributed by atoms with Gasteiger partial charge in [-0.2, -0.15) is 13.2 Å². The second-order valence-electron chi connectivity index (χ2n) is 6.35. The largest absolute Gasteiger partial charge is 0.493 e. The van der Waals surface area contributed by atoms with Gasteiger partial charge in [-0.1, -0.05) is 19.6 Å². The van der Waals surface area contributed by atoms with Gasteiger partial charge in [-0.25, -0.2) is 4.79 Å². The van der Waals surface area contributed by atoms with Crippen molar-refractivity contribution in [2.45, 2.75) is 13.6 Å². The number of nitrogens with two attached hydrogens (primary N) is 1. The molecule has 0 amide bonds. The van der Waals surface area contributed by atoms with E-state index in [9.17, 15) is 22.8 Å². The van der Waals surface area contributed by atoms with Crippen LogP contribution in [0, 0.1) is 0 Å². The second kappa shape index (κ2) is 12.5. The number of benzene rings is 3. The van der Waals surface area contributed by atoms with E-state index >= 15 is 0 Å². The van der Waals surface area contributed by atoms with Crippen molar-refractivity contribution in [2.24, 2.45) is 0 Å². The van der Waals surface area contributed by atoms with Crippen molar-refractivity contribution < 1.29 is 37.0 Å². The molecule has 10 heteroatoms. The number of rotatable bonds is 5. The van der Waals surface area contributed by atoms with E-state index in [1.54, 1.807) is 24.3 Å². The first-order valence-corrected chi connectivity index (χ1v) is 9.60. The predicted octanol–water partition coefficient (Wildman–Crippen LogP) is 6.58. The van der Waals surface area contributed by atoms with Gasteiger partial charge in [0.1, 0.15) is 0 Å². The van der Waals surface area contributed by atoms with Crippen molar-refractivity contribution in [3.05, 3.63) is 83.4 Å². The summed E-state index contributed by atoms with van der Waals surface area (Å²) in [6.45, 7) is 0. The summed E-state index contributed by atoms with van der Waals surface area (Å²) in [6, 6.07) is 15.6. The van der Waals surface area contributed by atoms with Crippen LogP contribution >= 0.6 is 11.6 Å². The maximum Gasteiger partial charge on any atom is 0.416 e. The van der Waals surface area contributed by atoms with Gasteiger partial charge in [0.05, 0.1) is 31.0 Å². The van der Waals surface area contributed by atoms with Crippen molar-refractivity contribution in [1.82, 2.24) is 0 Å². The molecule has 6 nitrogen and oxygen atoms in total. The maximum absolute atomic E-state index is 12.5. The van der Waals surface area contributed by atoms with E-state index in [1.807, 2.05) is 0 Å². The molecule has 0 saturated heterocycles. The Morgan fingerprint density at radius 1 is 0.853 bits per heavy atom. The number of para-hydroxylation sites is 2. The predicted molar refractivity (Wildman–Crippen MR) is 124 cm³/mol. The van der Waals surface area contributed by atoms with Gasteiger partial charge in [0, 0.05) is 5.56 Å². The Hall–Kier alpha value is -3.72. The lowest BCUT2D eigenvalue weighted by Gasteiger charge is -2.13. The molecule has 2 N–H and O–H groups in total. The molecule has 0 heterocycles. The van der Waals surface area contributed by atoms with E-state index in [-0.39, 0.29) is 18.9 Å². The minimum atomic E-state index is -4.43. The number of halogens is 4. The standard InChI is InChI=1S/C14H12F3NO2.C9H7ClO3.CH4/c1-19-12-4-2-3-5-13(12)20-11-7-6-9(8-10(11)18)14(15,16)17;1-13-9(12)7-4-2-6(3-5-7)8(10)11;/h2-8H,18H2,1H3;2-5H,1H3;1H4. The number of hydrogen-bond acceptors (Lipinski definition) is 6. The van der Waals surface area contributed by atoms with Crippen molar-refractivity contribution in [3.8, 4) is 17.2 Å². The van der Waals surface area contributed by atoms with Gasteiger partial charge in [-0.3, -0.25) is 4.79 Å². The number of methoxy groups -OCH3 is 2. The van der Waals surface area contributed by atoms with E-state index in [0.29, 0.717) is 22.6 Å². The van der Waals surface area contributed by atoms with Crippen molar-refractivity contribution in [3.63, 3.8) is 0 Å². The average molecular weight is 498 g/mol. The lowest BCUT2D eigenvalue weighted by Crippen LogP contribution is -2.06. The Balaban J connectivity index is 0.000000360. The molecule has 0 unspecified atom stereocenters. The van der Waals surface area contributed by atoms with Crippen LogP contribution in [0.2, 0.25) is 0 Å². The number of carbonyl (C=O) groups excluding carboxylic acids is 2.